The SMILES string of the molecule is CC(=O)c1cccc(NC(=O)CN(c2ccc(Cl)cc2Cl)S(C)(=O)=O)c1. The number of carbonyl (C=O) groups excluding carboxylic acids is 2. The topological polar surface area (TPSA) is 83.6 Å². The lowest BCUT2D eigenvalue weighted by Crippen LogP contribution is -2.37. The predicted octanol–water partition coefficient (Wildman–Crippen LogP) is 3.60. The Bertz CT molecular complexity index is 961. The molecule has 9 heteroatoms. The molecule has 0 aliphatic carbocycles. The average molecular weight is 415 g/mol. The van der Waals surface area contributed by atoms with E-state index in [4.69, 9.17) is 23.2 Å². The van der Waals surface area contributed by atoms with E-state index in [0.29, 0.717) is 16.3 Å². The van der Waals surface area contributed by atoms with Crippen molar-refractivity contribution in [3.8, 4) is 0 Å². The molecule has 0 aliphatic heterocycles. The zero-order chi connectivity index (χ0) is 19.5. The molecule has 0 heterocycles. The van der Waals surface area contributed by atoms with Gasteiger partial charge in [-0.1, -0.05) is 35.3 Å². The fraction of sp³-hybridized carbons (Fsp3) is 0.176. The molecule has 0 bridgehead atoms. The molecule has 1 N–H and O–H groups in total. The number of nitrogens with one attached hydrogen (secondary N) is 1. The smallest absolute Gasteiger partial charge is 0.245 e. The second kappa shape index (κ2) is 8.07. The fourth-order valence-electron chi connectivity index (χ4n) is 2.21. The first-order valence-electron chi connectivity index (χ1n) is 7.41. The van der Waals surface area contributed by atoms with E-state index in [9.17, 15) is 18.0 Å². The van der Waals surface area contributed by atoms with Crippen molar-refractivity contribution >= 4 is 56.3 Å². The first-order chi connectivity index (χ1) is 12.1. The quantitative estimate of drug-likeness (QED) is 0.731. The van der Waals surface area contributed by atoms with E-state index in [-0.39, 0.29) is 16.5 Å². The molecule has 0 unspecified atom stereocenters. The van der Waals surface area contributed by atoms with Gasteiger partial charge in [0.15, 0.2) is 5.78 Å². The minimum Gasteiger partial charge on any atom is -0.324 e. The van der Waals surface area contributed by atoms with E-state index in [1.807, 2.05) is 0 Å². The number of sulfonamides is 1. The summed E-state index contributed by atoms with van der Waals surface area (Å²) in [6.45, 7) is 0.930. The number of halogens is 2. The van der Waals surface area contributed by atoms with Crippen molar-refractivity contribution in [2.45, 2.75) is 6.92 Å². The molecule has 0 aromatic heterocycles. The van der Waals surface area contributed by atoms with E-state index in [2.05, 4.69) is 5.32 Å². The van der Waals surface area contributed by atoms with Gasteiger partial charge in [-0.2, -0.15) is 0 Å². The van der Waals surface area contributed by atoms with Gasteiger partial charge in [0.2, 0.25) is 15.9 Å². The molecule has 0 saturated carbocycles. The second-order valence-corrected chi connectivity index (χ2v) is 8.30. The molecule has 0 fully saturated rings. The molecule has 0 aliphatic rings. The normalized spacial score (nSPS) is 11.1. The number of carbonyl (C=O) groups is 2. The van der Waals surface area contributed by atoms with Crippen LogP contribution in [0, 0.1) is 0 Å². The molecule has 2 aromatic carbocycles. The third-order valence-corrected chi connectivity index (χ3v) is 5.08. The van der Waals surface area contributed by atoms with Gasteiger partial charge in [0.25, 0.3) is 0 Å². The molecule has 0 spiro atoms. The standard InChI is InChI=1S/C17H16Cl2N2O4S/c1-11(22)12-4-3-5-14(8-12)20-17(23)10-21(26(2,24)25)16-7-6-13(18)9-15(16)19/h3-9H,10H2,1-2H3,(H,20,23). The lowest BCUT2D eigenvalue weighted by Gasteiger charge is -2.23. The molecule has 1 amide bonds. The third kappa shape index (κ3) is 5.20. The first kappa shape index (κ1) is 20.2. The largest absolute Gasteiger partial charge is 0.324 e. The molecule has 2 aromatic rings. The second-order valence-electron chi connectivity index (χ2n) is 5.55. The Balaban J connectivity index is 2.25. The van der Waals surface area contributed by atoms with Crippen LogP contribution < -0.4 is 9.62 Å². The maximum atomic E-state index is 12.3. The van der Waals surface area contributed by atoms with Crippen molar-refractivity contribution in [1.29, 1.82) is 0 Å². The highest BCUT2D eigenvalue weighted by Gasteiger charge is 2.23. The minimum absolute atomic E-state index is 0.106. The minimum atomic E-state index is -3.77. The van der Waals surface area contributed by atoms with E-state index in [1.54, 1.807) is 18.2 Å². The van der Waals surface area contributed by atoms with Crippen LogP contribution in [0.5, 0.6) is 0 Å². The summed E-state index contributed by atoms with van der Waals surface area (Å²) in [6, 6.07) is 10.7. The van der Waals surface area contributed by atoms with E-state index in [1.165, 1.54) is 31.2 Å². The maximum Gasteiger partial charge on any atom is 0.245 e. The van der Waals surface area contributed by atoms with Gasteiger partial charge in [0, 0.05) is 16.3 Å². The molecule has 0 radical (unpaired) electrons. The Kier molecular flexibility index (Phi) is 6.28. The van der Waals surface area contributed by atoms with Gasteiger partial charge < -0.3 is 5.32 Å². The molecule has 138 valence electrons. The Morgan fingerprint density at radius 2 is 1.81 bits per heavy atom. The number of Topliss-reactive ketones (excluding diaryl/α,β-unsaturated/α-hetero) is 1. The summed E-state index contributed by atoms with van der Waals surface area (Å²) < 4.78 is 25.1. The number of ketones is 1. The summed E-state index contributed by atoms with van der Waals surface area (Å²) in [5, 5.41) is 3.02. The van der Waals surface area contributed by atoms with Crippen LogP contribution in [0.15, 0.2) is 42.5 Å². The van der Waals surface area contributed by atoms with Crippen LogP contribution in [0.4, 0.5) is 11.4 Å². The average Bonchev–Trinajstić information content (AvgIpc) is 2.52. The van der Waals surface area contributed by atoms with Crippen molar-refractivity contribution in [2.24, 2.45) is 0 Å². The van der Waals surface area contributed by atoms with Crippen molar-refractivity contribution in [3.63, 3.8) is 0 Å². The van der Waals surface area contributed by atoms with Gasteiger partial charge in [-0.3, -0.25) is 13.9 Å². The Morgan fingerprint density at radius 3 is 2.38 bits per heavy atom. The number of nitrogens with zero attached hydrogens (tertiary/aromatic N) is 1. The van der Waals surface area contributed by atoms with Crippen LogP contribution in [0.3, 0.4) is 0 Å². The number of rotatable bonds is 6. The Hall–Kier alpha value is -2.09. The van der Waals surface area contributed by atoms with Crippen LogP contribution in [-0.2, 0) is 14.8 Å². The van der Waals surface area contributed by atoms with Gasteiger partial charge in [0.05, 0.1) is 17.0 Å². The summed E-state index contributed by atoms with van der Waals surface area (Å²) in [6.07, 6.45) is 0.974. The van der Waals surface area contributed by atoms with Crippen LogP contribution in [0.2, 0.25) is 10.0 Å². The monoisotopic (exact) mass is 414 g/mol. The zero-order valence-electron chi connectivity index (χ0n) is 14.0. The zero-order valence-corrected chi connectivity index (χ0v) is 16.3. The van der Waals surface area contributed by atoms with Gasteiger partial charge in [0.1, 0.15) is 6.54 Å². The number of anilines is 2. The summed E-state index contributed by atoms with van der Waals surface area (Å²) in [5.41, 5.74) is 0.966. The first-order valence-corrected chi connectivity index (χ1v) is 10.0. The van der Waals surface area contributed by atoms with Crippen molar-refractivity contribution < 1.29 is 18.0 Å². The van der Waals surface area contributed by atoms with E-state index >= 15 is 0 Å². The molecule has 0 saturated heterocycles. The molecular formula is C17H16Cl2N2O4S. The Labute approximate surface area is 161 Å². The summed E-state index contributed by atoms with van der Waals surface area (Å²) in [7, 11) is -3.77. The fourth-order valence-corrected chi connectivity index (χ4v) is 3.64. The molecule has 0 atom stereocenters. The van der Waals surface area contributed by atoms with Gasteiger partial charge >= 0.3 is 0 Å². The van der Waals surface area contributed by atoms with Gasteiger partial charge in [-0.25, -0.2) is 8.42 Å². The van der Waals surface area contributed by atoms with Crippen LogP contribution in [-0.4, -0.2) is 32.9 Å². The summed E-state index contributed by atoms with van der Waals surface area (Å²) in [5.74, 6) is -0.728. The van der Waals surface area contributed by atoms with Crippen LogP contribution >= 0.6 is 23.2 Å². The highest BCUT2D eigenvalue weighted by molar-refractivity contribution is 7.92. The Morgan fingerprint density at radius 1 is 1.12 bits per heavy atom. The number of benzene rings is 2. The van der Waals surface area contributed by atoms with Gasteiger partial charge in [-0.15, -0.1) is 0 Å². The van der Waals surface area contributed by atoms with Crippen molar-refractivity contribution in [2.75, 3.05) is 22.4 Å². The highest BCUT2D eigenvalue weighted by Crippen LogP contribution is 2.30. The van der Waals surface area contributed by atoms with E-state index < -0.39 is 22.5 Å². The number of hydrogen-bond acceptors (Lipinski definition) is 4. The molecule has 2 rings (SSSR count). The summed E-state index contributed by atoms with van der Waals surface area (Å²) >= 11 is 11.9. The van der Waals surface area contributed by atoms with E-state index in [0.717, 1.165) is 10.6 Å². The van der Waals surface area contributed by atoms with Crippen LogP contribution in [0.25, 0.3) is 0 Å². The highest BCUT2D eigenvalue weighted by atomic mass is 35.5. The van der Waals surface area contributed by atoms with Crippen molar-refractivity contribution in [1.82, 2.24) is 0 Å². The molecule has 6 nitrogen and oxygen atoms in total. The van der Waals surface area contributed by atoms with Crippen molar-refractivity contribution in [3.05, 3.63) is 58.1 Å². The summed E-state index contributed by atoms with van der Waals surface area (Å²) in [4.78, 5) is 23.7. The van der Waals surface area contributed by atoms with Gasteiger partial charge in [-0.05, 0) is 37.3 Å². The lowest BCUT2D eigenvalue weighted by molar-refractivity contribution is -0.114. The van der Waals surface area contributed by atoms with Crippen LogP contribution in [0.1, 0.15) is 17.3 Å². The molecule has 26 heavy (non-hydrogen) atoms. The lowest BCUT2D eigenvalue weighted by atomic mass is 10.1. The third-order valence-electron chi connectivity index (χ3n) is 3.42. The number of hydrogen-bond donors (Lipinski definition) is 1. The maximum absolute atomic E-state index is 12.3. The number of amides is 1. The molecular weight excluding hydrogens is 399 g/mol. The predicted molar refractivity (Wildman–Crippen MR) is 104 cm³/mol.